The van der Waals surface area contributed by atoms with Gasteiger partial charge in [-0.3, -0.25) is 0 Å². The highest BCUT2D eigenvalue weighted by Gasteiger charge is 2.24. The van der Waals surface area contributed by atoms with E-state index in [1.807, 2.05) is 13.8 Å². The molecule has 2 rings (SSSR count). The molecular formula is C13H20. The van der Waals surface area contributed by atoms with Crippen LogP contribution in [0, 0.1) is 13.8 Å². The monoisotopic (exact) mass is 176 g/mol. The van der Waals surface area contributed by atoms with Crippen LogP contribution in [-0.2, 0) is 0 Å². The first kappa shape index (κ1) is 10.3. The maximum absolute atomic E-state index is 2.34. The molecule has 72 valence electrons. The third-order valence-corrected chi connectivity index (χ3v) is 2.45. The van der Waals surface area contributed by atoms with Crippen LogP contribution in [0.2, 0.25) is 0 Å². The lowest BCUT2D eigenvalue weighted by Crippen LogP contribution is -1.86. The van der Waals surface area contributed by atoms with Gasteiger partial charge < -0.3 is 0 Å². The fourth-order valence-corrected chi connectivity index (χ4v) is 1.59. The predicted octanol–water partition coefficient (Wildman–Crippen LogP) is 4.21. The number of hydrogen-bond acceptors (Lipinski definition) is 0. The maximum Gasteiger partial charge on any atom is -0.0159 e. The SMILES string of the molecule is CC.Cc1ccc(C)c(C2CC2)c1. The van der Waals surface area contributed by atoms with Gasteiger partial charge in [0, 0.05) is 0 Å². The summed E-state index contributed by atoms with van der Waals surface area (Å²) in [5, 5.41) is 0. The van der Waals surface area contributed by atoms with Crippen LogP contribution in [0.25, 0.3) is 0 Å². The van der Waals surface area contributed by atoms with Gasteiger partial charge in [0.1, 0.15) is 0 Å². The van der Waals surface area contributed by atoms with Crippen LogP contribution in [0.5, 0.6) is 0 Å². The van der Waals surface area contributed by atoms with Crippen LogP contribution < -0.4 is 0 Å². The van der Waals surface area contributed by atoms with E-state index >= 15 is 0 Å². The molecule has 0 heteroatoms. The fraction of sp³-hybridized carbons (Fsp3) is 0.538. The first-order valence-electron chi connectivity index (χ1n) is 5.34. The molecule has 0 unspecified atom stereocenters. The van der Waals surface area contributed by atoms with Crippen LogP contribution in [0.3, 0.4) is 0 Å². The quantitative estimate of drug-likeness (QED) is 0.601. The van der Waals surface area contributed by atoms with Crippen molar-refractivity contribution in [2.24, 2.45) is 0 Å². The smallest absolute Gasteiger partial charge is 0.0159 e. The summed E-state index contributed by atoms with van der Waals surface area (Å²) in [6.07, 6.45) is 2.81. The summed E-state index contributed by atoms with van der Waals surface area (Å²) in [5.74, 6) is 0.898. The summed E-state index contributed by atoms with van der Waals surface area (Å²) >= 11 is 0. The second kappa shape index (κ2) is 4.45. The molecule has 1 aliphatic carbocycles. The minimum atomic E-state index is 0.898. The van der Waals surface area contributed by atoms with Gasteiger partial charge in [-0.2, -0.15) is 0 Å². The zero-order chi connectivity index (χ0) is 9.84. The topological polar surface area (TPSA) is 0 Å². The van der Waals surface area contributed by atoms with Gasteiger partial charge in [-0.15, -0.1) is 0 Å². The Morgan fingerprint density at radius 1 is 1.08 bits per heavy atom. The molecule has 0 N–H and O–H groups in total. The molecule has 1 saturated carbocycles. The highest BCUT2D eigenvalue weighted by molar-refractivity contribution is 5.35. The first-order chi connectivity index (χ1) is 6.27. The summed E-state index contributed by atoms with van der Waals surface area (Å²) in [5.41, 5.74) is 4.46. The molecule has 1 fully saturated rings. The highest BCUT2D eigenvalue weighted by atomic mass is 14.3. The Kier molecular flexibility index (Phi) is 3.53. The number of benzene rings is 1. The molecule has 0 heterocycles. The standard InChI is InChI=1S/C11H14.C2H6/c1-8-3-4-9(2)11(7-8)10-5-6-10;1-2/h3-4,7,10H,5-6H2,1-2H3;1-2H3. The molecule has 0 spiro atoms. The van der Waals surface area contributed by atoms with Crippen LogP contribution in [-0.4, -0.2) is 0 Å². The molecule has 13 heavy (non-hydrogen) atoms. The van der Waals surface area contributed by atoms with Crippen LogP contribution in [0.15, 0.2) is 18.2 Å². The van der Waals surface area contributed by atoms with E-state index in [0.29, 0.717) is 0 Å². The lowest BCUT2D eigenvalue weighted by molar-refractivity contribution is 1.09. The van der Waals surface area contributed by atoms with Crippen molar-refractivity contribution in [1.29, 1.82) is 0 Å². The van der Waals surface area contributed by atoms with E-state index in [4.69, 9.17) is 0 Å². The van der Waals surface area contributed by atoms with Crippen molar-refractivity contribution in [3.8, 4) is 0 Å². The molecule has 1 aromatic carbocycles. The van der Waals surface area contributed by atoms with E-state index in [1.54, 1.807) is 5.56 Å². The van der Waals surface area contributed by atoms with Crippen molar-refractivity contribution >= 4 is 0 Å². The van der Waals surface area contributed by atoms with Crippen molar-refractivity contribution in [2.75, 3.05) is 0 Å². The van der Waals surface area contributed by atoms with Crippen molar-refractivity contribution in [3.05, 3.63) is 34.9 Å². The second-order valence-corrected chi connectivity index (χ2v) is 3.63. The second-order valence-electron chi connectivity index (χ2n) is 3.63. The van der Waals surface area contributed by atoms with Crippen molar-refractivity contribution in [3.63, 3.8) is 0 Å². The third-order valence-electron chi connectivity index (χ3n) is 2.45. The van der Waals surface area contributed by atoms with Gasteiger partial charge in [0.25, 0.3) is 0 Å². The number of aryl methyl sites for hydroxylation is 2. The van der Waals surface area contributed by atoms with Gasteiger partial charge in [-0.25, -0.2) is 0 Å². The molecule has 0 amide bonds. The van der Waals surface area contributed by atoms with Gasteiger partial charge >= 0.3 is 0 Å². The van der Waals surface area contributed by atoms with Gasteiger partial charge in [-0.05, 0) is 43.7 Å². The van der Waals surface area contributed by atoms with E-state index < -0.39 is 0 Å². The van der Waals surface area contributed by atoms with Crippen molar-refractivity contribution in [2.45, 2.75) is 46.5 Å². The Bertz CT molecular complexity index is 269. The van der Waals surface area contributed by atoms with E-state index in [2.05, 4.69) is 32.0 Å². The minimum absolute atomic E-state index is 0.898. The highest BCUT2D eigenvalue weighted by Crippen LogP contribution is 2.41. The van der Waals surface area contributed by atoms with Crippen LogP contribution >= 0.6 is 0 Å². The summed E-state index contributed by atoms with van der Waals surface area (Å²) in [4.78, 5) is 0. The molecule has 0 saturated heterocycles. The molecule has 0 aromatic heterocycles. The van der Waals surface area contributed by atoms with E-state index in [0.717, 1.165) is 5.92 Å². The van der Waals surface area contributed by atoms with Gasteiger partial charge in [0.05, 0.1) is 0 Å². The third kappa shape index (κ3) is 2.58. The largest absolute Gasteiger partial charge is 0.0683 e. The van der Waals surface area contributed by atoms with Crippen LogP contribution in [0.1, 0.15) is 49.3 Å². The zero-order valence-corrected chi connectivity index (χ0v) is 9.22. The van der Waals surface area contributed by atoms with Gasteiger partial charge in [-0.1, -0.05) is 37.6 Å². The van der Waals surface area contributed by atoms with Crippen LogP contribution in [0.4, 0.5) is 0 Å². The van der Waals surface area contributed by atoms with Crippen molar-refractivity contribution in [1.82, 2.24) is 0 Å². The Balaban J connectivity index is 0.000000396. The van der Waals surface area contributed by atoms with E-state index in [-0.39, 0.29) is 0 Å². The Hall–Kier alpha value is -0.780. The minimum Gasteiger partial charge on any atom is -0.0683 e. The average Bonchev–Trinajstić information content (AvgIpc) is 2.96. The molecule has 1 aromatic rings. The zero-order valence-electron chi connectivity index (χ0n) is 9.22. The molecular weight excluding hydrogens is 156 g/mol. The fourth-order valence-electron chi connectivity index (χ4n) is 1.59. The van der Waals surface area contributed by atoms with E-state index in [1.165, 1.54) is 24.0 Å². The summed E-state index contributed by atoms with van der Waals surface area (Å²) in [6, 6.07) is 6.78. The normalized spacial score (nSPS) is 14.8. The number of hydrogen-bond donors (Lipinski definition) is 0. The molecule has 0 atom stereocenters. The first-order valence-corrected chi connectivity index (χ1v) is 5.34. The maximum atomic E-state index is 2.34. The van der Waals surface area contributed by atoms with Gasteiger partial charge in [0.2, 0.25) is 0 Å². The summed E-state index contributed by atoms with van der Waals surface area (Å²) in [6.45, 7) is 8.39. The molecule has 1 aliphatic rings. The Labute approximate surface area is 82.0 Å². The summed E-state index contributed by atoms with van der Waals surface area (Å²) in [7, 11) is 0. The summed E-state index contributed by atoms with van der Waals surface area (Å²) < 4.78 is 0. The molecule has 0 nitrogen and oxygen atoms in total. The molecule has 0 aliphatic heterocycles. The predicted molar refractivity (Wildman–Crippen MR) is 59.2 cm³/mol. The Morgan fingerprint density at radius 3 is 2.23 bits per heavy atom. The average molecular weight is 176 g/mol. The molecule has 0 radical (unpaired) electrons. The lowest BCUT2D eigenvalue weighted by Gasteiger charge is -2.03. The van der Waals surface area contributed by atoms with E-state index in [9.17, 15) is 0 Å². The lowest BCUT2D eigenvalue weighted by atomic mass is 10.0. The molecule has 0 bridgehead atoms. The Morgan fingerprint density at radius 2 is 1.69 bits per heavy atom. The number of rotatable bonds is 1. The van der Waals surface area contributed by atoms with Gasteiger partial charge in [0.15, 0.2) is 0 Å². The van der Waals surface area contributed by atoms with Crippen molar-refractivity contribution < 1.29 is 0 Å².